The Kier molecular flexibility index (Phi) is 2.95. The third-order valence-electron chi connectivity index (χ3n) is 2.66. The SMILES string of the molecule is Cc1ccc(-c2cn3nc(CC(C)C)sc3n2)s1. The molecule has 0 N–H and O–H groups in total. The minimum Gasteiger partial charge on any atom is -0.217 e. The van der Waals surface area contributed by atoms with E-state index in [9.17, 15) is 0 Å². The number of rotatable bonds is 3. The van der Waals surface area contributed by atoms with Gasteiger partial charge >= 0.3 is 0 Å². The van der Waals surface area contributed by atoms with Crippen LogP contribution >= 0.6 is 22.7 Å². The molecule has 0 aromatic carbocycles. The van der Waals surface area contributed by atoms with Crippen LogP contribution in [0.1, 0.15) is 23.7 Å². The minimum atomic E-state index is 0.639. The standard InChI is InChI=1S/C13H15N3S2/c1-8(2)6-12-15-16-7-10(14-13(16)18-12)11-5-4-9(3)17-11/h4-5,7-8H,6H2,1-3H3. The molecule has 0 bridgehead atoms. The molecule has 5 heteroatoms. The molecule has 0 atom stereocenters. The first-order valence-electron chi connectivity index (χ1n) is 6.03. The van der Waals surface area contributed by atoms with Gasteiger partial charge < -0.3 is 0 Å². The molecule has 0 aliphatic heterocycles. The van der Waals surface area contributed by atoms with Crippen LogP contribution < -0.4 is 0 Å². The summed E-state index contributed by atoms with van der Waals surface area (Å²) in [6, 6.07) is 4.26. The molecule has 18 heavy (non-hydrogen) atoms. The zero-order valence-corrected chi connectivity index (χ0v) is 12.3. The maximum atomic E-state index is 4.65. The summed E-state index contributed by atoms with van der Waals surface area (Å²) in [5.74, 6) is 0.639. The molecule has 0 spiro atoms. The van der Waals surface area contributed by atoms with Crippen LogP contribution in [-0.2, 0) is 6.42 Å². The predicted octanol–water partition coefficient (Wildman–Crippen LogP) is 4.03. The maximum absolute atomic E-state index is 4.65. The fraction of sp³-hybridized carbons (Fsp3) is 0.385. The van der Waals surface area contributed by atoms with Crippen LogP contribution in [0.15, 0.2) is 18.3 Å². The number of aromatic nitrogens is 3. The molecule has 3 rings (SSSR count). The summed E-state index contributed by atoms with van der Waals surface area (Å²) in [5, 5.41) is 5.75. The Hall–Kier alpha value is -1.20. The van der Waals surface area contributed by atoms with Crippen molar-refractivity contribution in [2.24, 2.45) is 5.92 Å². The lowest BCUT2D eigenvalue weighted by Gasteiger charge is -1.97. The number of nitrogens with zero attached hydrogens (tertiary/aromatic N) is 3. The van der Waals surface area contributed by atoms with E-state index >= 15 is 0 Å². The summed E-state index contributed by atoms with van der Waals surface area (Å²) in [6.45, 7) is 6.54. The lowest BCUT2D eigenvalue weighted by Crippen LogP contribution is -1.94. The van der Waals surface area contributed by atoms with E-state index in [0.717, 1.165) is 17.1 Å². The second-order valence-corrected chi connectivity index (χ2v) is 7.19. The van der Waals surface area contributed by atoms with Crippen molar-refractivity contribution >= 4 is 27.6 Å². The molecule has 0 aliphatic rings. The number of fused-ring (bicyclic) bond motifs is 1. The van der Waals surface area contributed by atoms with Gasteiger partial charge in [0, 0.05) is 11.3 Å². The van der Waals surface area contributed by atoms with Crippen molar-refractivity contribution in [1.29, 1.82) is 0 Å². The lowest BCUT2D eigenvalue weighted by atomic mass is 10.1. The summed E-state index contributed by atoms with van der Waals surface area (Å²) in [6.07, 6.45) is 3.06. The summed E-state index contributed by atoms with van der Waals surface area (Å²) in [7, 11) is 0. The quantitative estimate of drug-likeness (QED) is 0.723. The van der Waals surface area contributed by atoms with Crippen LogP contribution in [-0.4, -0.2) is 14.6 Å². The first kappa shape index (κ1) is 11.9. The van der Waals surface area contributed by atoms with Gasteiger partial charge in [-0.25, -0.2) is 9.50 Å². The van der Waals surface area contributed by atoms with Crippen molar-refractivity contribution in [3.05, 3.63) is 28.2 Å². The largest absolute Gasteiger partial charge is 0.217 e. The molecule has 0 saturated heterocycles. The van der Waals surface area contributed by atoms with Crippen molar-refractivity contribution in [2.75, 3.05) is 0 Å². The van der Waals surface area contributed by atoms with E-state index in [1.807, 2.05) is 10.7 Å². The van der Waals surface area contributed by atoms with Gasteiger partial charge in [0.25, 0.3) is 0 Å². The first-order valence-corrected chi connectivity index (χ1v) is 7.67. The smallest absolute Gasteiger partial charge is 0.212 e. The highest BCUT2D eigenvalue weighted by atomic mass is 32.1. The van der Waals surface area contributed by atoms with Gasteiger partial charge in [0.05, 0.1) is 11.1 Å². The predicted molar refractivity (Wildman–Crippen MR) is 77.5 cm³/mol. The number of thiophene rings is 1. The third-order valence-corrected chi connectivity index (χ3v) is 4.63. The average molecular weight is 277 g/mol. The van der Waals surface area contributed by atoms with Crippen LogP contribution in [0.5, 0.6) is 0 Å². The molecular formula is C13H15N3S2. The molecular weight excluding hydrogens is 262 g/mol. The zero-order chi connectivity index (χ0) is 12.7. The van der Waals surface area contributed by atoms with E-state index in [1.54, 1.807) is 22.7 Å². The number of hydrogen-bond donors (Lipinski definition) is 0. The highest BCUT2D eigenvalue weighted by molar-refractivity contribution is 7.17. The van der Waals surface area contributed by atoms with E-state index in [1.165, 1.54) is 14.8 Å². The Morgan fingerprint density at radius 2 is 2.11 bits per heavy atom. The molecule has 3 nitrogen and oxygen atoms in total. The number of hydrogen-bond acceptors (Lipinski definition) is 4. The highest BCUT2D eigenvalue weighted by Gasteiger charge is 2.11. The van der Waals surface area contributed by atoms with Gasteiger partial charge in [-0.3, -0.25) is 0 Å². The number of imidazole rings is 1. The van der Waals surface area contributed by atoms with Gasteiger partial charge in [0.1, 0.15) is 10.7 Å². The Labute approximate surface area is 114 Å². The Morgan fingerprint density at radius 3 is 2.72 bits per heavy atom. The third kappa shape index (κ3) is 2.20. The monoisotopic (exact) mass is 277 g/mol. The van der Waals surface area contributed by atoms with Crippen molar-refractivity contribution in [3.8, 4) is 10.6 Å². The number of aryl methyl sites for hydroxylation is 1. The molecule has 94 valence electrons. The highest BCUT2D eigenvalue weighted by Crippen LogP contribution is 2.28. The fourth-order valence-corrected chi connectivity index (χ4v) is 3.77. The molecule has 0 radical (unpaired) electrons. The van der Waals surface area contributed by atoms with Crippen molar-refractivity contribution in [2.45, 2.75) is 27.2 Å². The normalized spacial score (nSPS) is 11.8. The first-order chi connectivity index (χ1) is 8.61. The summed E-state index contributed by atoms with van der Waals surface area (Å²) in [4.78, 5) is 8.18. The van der Waals surface area contributed by atoms with Crippen LogP contribution in [0.25, 0.3) is 15.5 Å². The van der Waals surface area contributed by atoms with Gasteiger partial charge in [-0.2, -0.15) is 5.10 Å². The van der Waals surface area contributed by atoms with E-state index in [2.05, 4.69) is 43.0 Å². The lowest BCUT2D eigenvalue weighted by molar-refractivity contribution is 0.637. The molecule has 3 aromatic rings. The Morgan fingerprint density at radius 1 is 1.28 bits per heavy atom. The minimum absolute atomic E-state index is 0.639. The molecule has 0 unspecified atom stereocenters. The topological polar surface area (TPSA) is 30.2 Å². The van der Waals surface area contributed by atoms with Crippen molar-refractivity contribution < 1.29 is 0 Å². The Balaban J connectivity index is 1.95. The van der Waals surface area contributed by atoms with E-state index < -0.39 is 0 Å². The van der Waals surface area contributed by atoms with Crippen LogP contribution in [0, 0.1) is 12.8 Å². The van der Waals surface area contributed by atoms with Gasteiger partial charge in [0.2, 0.25) is 4.96 Å². The van der Waals surface area contributed by atoms with Crippen LogP contribution in [0.2, 0.25) is 0 Å². The average Bonchev–Trinajstić information content (AvgIpc) is 2.90. The molecule has 0 amide bonds. The van der Waals surface area contributed by atoms with Crippen LogP contribution in [0.3, 0.4) is 0 Å². The van der Waals surface area contributed by atoms with E-state index in [4.69, 9.17) is 0 Å². The van der Waals surface area contributed by atoms with Crippen molar-refractivity contribution in [1.82, 2.24) is 14.6 Å². The van der Waals surface area contributed by atoms with Crippen molar-refractivity contribution in [3.63, 3.8) is 0 Å². The summed E-state index contributed by atoms with van der Waals surface area (Å²) in [5.41, 5.74) is 1.03. The fourth-order valence-electron chi connectivity index (χ4n) is 1.86. The second kappa shape index (κ2) is 4.48. The van der Waals surface area contributed by atoms with Gasteiger partial charge in [0.15, 0.2) is 0 Å². The van der Waals surface area contributed by atoms with Crippen LogP contribution in [0.4, 0.5) is 0 Å². The van der Waals surface area contributed by atoms with E-state index in [-0.39, 0.29) is 0 Å². The van der Waals surface area contributed by atoms with Gasteiger partial charge in [-0.1, -0.05) is 25.2 Å². The molecule has 3 aromatic heterocycles. The van der Waals surface area contributed by atoms with E-state index in [0.29, 0.717) is 5.92 Å². The molecule has 0 fully saturated rings. The molecule has 3 heterocycles. The zero-order valence-electron chi connectivity index (χ0n) is 10.7. The second-order valence-electron chi connectivity index (χ2n) is 4.86. The summed E-state index contributed by atoms with van der Waals surface area (Å²) >= 11 is 3.47. The summed E-state index contributed by atoms with van der Waals surface area (Å²) < 4.78 is 1.91. The molecule has 0 saturated carbocycles. The Bertz CT molecular complexity index is 644. The maximum Gasteiger partial charge on any atom is 0.212 e. The van der Waals surface area contributed by atoms with Gasteiger partial charge in [-0.05, 0) is 25.0 Å². The van der Waals surface area contributed by atoms with Gasteiger partial charge in [-0.15, -0.1) is 11.3 Å². The molecule has 0 aliphatic carbocycles.